The van der Waals surface area contributed by atoms with Gasteiger partial charge in [-0.05, 0) is 37.6 Å². The number of anilines is 1. The Morgan fingerprint density at radius 3 is 2.67 bits per heavy atom. The van der Waals surface area contributed by atoms with Crippen LogP contribution in [0.1, 0.15) is 45.2 Å². The zero-order valence-corrected chi connectivity index (χ0v) is 13.5. The summed E-state index contributed by atoms with van der Waals surface area (Å²) in [6, 6.07) is 6.95. The Morgan fingerprint density at radius 2 is 2.06 bits per heavy atom. The molecule has 1 rings (SSSR count). The van der Waals surface area contributed by atoms with Crippen molar-refractivity contribution in [3.63, 3.8) is 0 Å². The first-order chi connectivity index (χ1) is 8.60. The highest BCUT2D eigenvalue weighted by molar-refractivity contribution is 9.10. The largest absolute Gasteiger partial charge is 0.374 e. The molecule has 1 N–H and O–H groups in total. The molecule has 0 heterocycles. The third-order valence-corrected chi connectivity index (χ3v) is 3.72. The summed E-state index contributed by atoms with van der Waals surface area (Å²) in [5.41, 5.74) is 2.70. The van der Waals surface area contributed by atoms with Crippen LogP contribution in [0.3, 0.4) is 0 Å². The molecule has 0 radical (unpaired) electrons. The molecule has 1 atom stereocenters. The van der Waals surface area contributed by atoms with Crippen molar-refractivity contribution >= 4 is 21.6 Å². The lowest BCUT2D eigenvalue weighted by atomic mass is 10.0. The number of halogens is 1. The third-order valence-electron chi connectivity index (χ3n) is 3.23. The van der Waals surface area contributed by atoms with Crippen molar-refractivity contribution in [2.75, 3.05) is 25.0 Å². The van der Waals surface area contributed by atoms with Gasteiger partial charge in [0.15, 0.2) is 0 Å². The van der Waals surface area contributed by atoms with Crippen LogP contribution >= 0.6 is 15.9 Å². The van der Waals surface area contributed by atoms with E-state index >= 15 is 0 Å². The van der Waals surface area contributed by atoms with Gasteiger partial charge in [-0.25, -0.2) is 0 Å². The van der Waals surface area contributed by atoms with Crippen LogP contribution in [0.4, 0.5) is 5.69 Å². The summed E-state index contributed by atoms with van der Waals surface area (Å²) in [6.07, 6.45) is 2.47. The van der Waals surface area contributed by atoms with Gasteiger partial charge >= 0.3 is 0 Å². The first-order valence-electron chi connectivity index (χ1n) is 6.84. The summed E-state index contributed by atoms with van der Waals surface area (Å²) in [6.45, 7) is 8.71. The number of unbranched alkanes of at least 4 members (excludes halogenated alkanes) is 1. The van der Waals surface area contributed by atoms with Gasteiger partial charge in [0.05, 0.1) is 0 Å². The predicted octanol–water partition coefficient (Wildman–Crippen LogP) is 4.36. The van der Waals surface area contributed by atoms with Crippen LogP contribution < -0.4 is 10.2 Å². The number of hydrogen-bond acceptors (Lipinski definition) is 2. The lowest BCUT2D eigenvalue weighted by Crippen LogP contribution is -2.24. The molecule has 2 nitrogen and oxygen atoms in total. The fourth-order valence-electron chi connectivity index (χ4n) is 2.15. The van der Waals surface area contributed by atoms with Gasteiger partial charge in [-0.3, -0.25) is 0 Å². The molecule has 1 unspecified atom stereocenters. The fraction of sp³-hybridized carbons (Fsp3) is 0.600. The monoisotopic (exact) mass is 312 g/mol. The lowest BCUT2D eigenvalue weighted by Gasteiger charge is -2.25. The van der Waals surface area contributed by atoms with Gasteiger partial charge in [0.1, 0.15) is 0 Å². The Bertz CT molecular complexity index is 366. The summed E-state index contributed by atoms with van der Waals surface area (Å²) in [4.78, 5) is 2.36. The van der Waals surface area contributed by atoms with Gasteiger partial charge in [0.2, 0.25) is 0 Å². The third kappa shape index (κ3) is 4.29. The highest BCUT2D eigenvalue weighted by Gasteiger charge is 2.13. The van der Waals surface area contributed by atoms with Gasteiger partial charge in [-0.1, -0.05) is 42.3 Å². The van der Waals surface area contributed by atoms with E-state index in [1.807, 2.05) is 0 Å². The Hall–Kier alpha value is -0.540. The molecule has 0 spiro atoms. The molecule has 18 heavy (non-hydrogen) atoms. The summed E-state index contributed by atoms with van der Waals surface area (Å²) >= 11 is 3.57. The van der Waals surface area contributed by atoms with Crippen LogP contribution in [0.15, 0.2) is 22.7 Å². The van der Waals surface area contributed by atoms with Gasteiger partial charge in [0.25, 0.3) is 0 Å². The van der Waals surface area contributed by atoms with Gasteiger partial charge in [-0.2, -0.15) is 0 Å². The molecule has 0 bridgehead atoms. The summed E-state index contributed by atoms with van der Waals surface area (Å²) in [5, 5.41) is 3.49. The standard InChI is InChI=1S/C15H25BrN2/c1-5-7-10-18(4)15-11-13(16)8-9-14(15)12(3)17-6-2/h8-9,11-12,17H,5-7,10H2,1-4H3. The van der Waals surface area contributed by atoms with E-state index in [-0.39, 0.29) is 0 Å². The molecule has 0 saturated carbocycles. The SMILES string of the molecule is CCCCN(C)c1cc(Br)ccc1C(C)NCC. The zero-order valence-electron chi connectivity index (χ0n) is 12.0. The highest BCUT2D eigenvalue weighted by atomic mass is 79.9. The maximum atomic E-state index is 3.57. The number of hydrogen-bond donors (Lipinski definition) is 1. The van der Waals surface area contributed by atoms with E-state index in [4.69, 9.17) is 0 Å². The van der Waals surface area contributed by atoms with E-state index in [0.717, 1.165) is 17.6 Å². The van der Waals surface area contributed by atoms with Crippen LogP contribution in [-0.4, -0.2) is 20.1 Å². The van der Waals surface area contributed by atoms with Crippen LogP contribution in [0.2, 0.25) is 0 Å². The molecule has 0 aliphatic carbocycles. The minimum absolute atomic E-state index is 0.391. The lowest BCUT2D eigenvalue weighted by molar-refractivity contribution is 0.596. The van der Waals surface area contributed by atoms with E-state index in [9.17, 15) is 0 Å². The van der Waals surface area contributed by atoms with Crippen molar-refractivity contribution in [2.45, 2.75) is 39.7 Å². The van der Waals surface area contributed by atoms with Crippen LogP contribution in [0.25, 0.3) is 0 Å². The fourth-order valence-corrected chi connectivity index (χ4v) is 2.49. The first kappa shape index (κ1) is 15.5. The zero-order chi connectivity index (χ0) is 13.5. The van der Waals surface area contributed by atoms with Crippen molar-refractivity contribution < 1.29 is 0 Å². The molecular formula is C15H25BrN2. The van der Waals surface area contributed by atoms with Crippen molar-refractivity contribution in [2.24, 2.45) is 0 Å². The smallest absolute Gasteiger partial charge is 0.0423 e. The Morgan fingerprint density at radius 1 is 1.33 bits per heavy atom. The number of nitrogens with zero attached hydrogens (tertiary/aromatic N) is 1. The van der Waals surface area contributed by atoms with Crippen molar-refractivity contribution in [1.29, 1.82) is 0 Å². The normalized spacial score (nSPS) is 12.5. The van der Waals surface area contributed by atoms with E-state index in [2.05, 4.69) is 72.2 Å². The second kappa shape index (κ2) is 7.80. The molecular weight excluding hydrogens is 288 g/mol. The topological polar surface area (TPSA) is 15.3 Å². The van der Waals surface area contributed by atoms with Gasteiger partial charge in [-0.15, -0.1) is 0 Å². The first-order valence-corrected chi connectivity index (χ1v) is 7.63. The quantitative estimate of drug-likeness (QED) is 0.805. The van der Waals surface area contributed by atoms with E-state index in [0.29, 0.717) is 6.04 Å². The molecule has 1 aromatic rings. The van der Waals surface area contributed by atoms with Crippen LogP contribution in [0.5, 0.6) is 0 Å². The predicted molar refractivity (Wildman–Crippen MR) is 84.4 cm³/mol. The van der Waals surface area contributed by atoms with E-state index in [1.165, 1.54) is 24.1 Å². The van der Waals surface area contributed by atoms with Gasteiger partial charge in [0, 0.05) is 29.8 Å². The summed E-state index contributed by atoms with van der Waals surface area (Å²) in [7, 11) is 2.18. The van der Waals surface area contributed by atoms with Gasteiger partial charge < -0.3 is 10.2 Å². The number of benzene rings is 1. The Balaban J connectivity index is 2.95. The molecule has 102 valence electrons. The van der Waals surface area contributed by atoms with Crippen LogP contribution in [-0.2, 0) is 0 Å². The second-order valence-electron chi connectivity index (χ2n) is 4.76. The number of rotatable bonds is 7. The molecule has 0 aliphatic heterocycles. The Kier molecular flexibility index (Phi) is 6.72. The minimum Gasteiger partial charge on any atom is -0.374 e. The van der Waals surface area contributed by atoms with Crippen molar-refractivity contribution in [3.8, 4) is 0 Å². The maximum absolute atomic E-state index is 3.57. The van der Waals surface area contributed by atoms with Crippen LogP contribution in [0, 0.1) is 0 Å². The Labute approximate surface area is 120 Å². The molecule has 0 saturated heterocycles. The second-order valence-corrected chi connectivity index (χ2v) is 5.67. The molecule has 0 aromatic heterocycles. The average Bonchev–Trinajstić information content (AvgIpc) is 2.36. The highest BCUT2D eigenvalue weighted by Crippen LogP contribution is 2.29. The summed E-state index contributed by atoms with van der Waals surface area (Å²) in [5.74, 6) is 0. The summed E-state index contributed by atoms with van der Waals surface area (Å²) < 4.78 is 1.15. The molecule has 0 amide bonds. The molecule has 3 heteroatoms. The van der Waals surface area contributed by atoms with E-state index < -0.39 is 0 Å². The molecule has 1 aromatic carbocycles. The molecule has 0 fully saturated rings. The van der Waals surface area contributed by atoms with Crippen molar-refractivity contribution in [1.82, 2.24) is 5.32 Å². The minimum atomic E-state index is 0.391. The molecule has 0 aliphatic rings. The average molecular weight is 313 g/mol. The van der Waals surface area contributed by atoms with E-state index in [1.54, 1.807) is 0 Å². The van der Waals surface area contributed by atoms with Crippen molar-refractivity contribution in [3.05, 3.63) is 28.2 Å². The maximum Gasteiger partial charge on any atom is 0.0423 e. The number of nitrogens with one attached hydrogen (secondary N) is 1.